The Morgan fingerprint density at radius 3 is 2.52 bits per heavy atom. The molecule has 5 nitrogen and oxygen atoms in total. The monoisotopic (exact) mass is 312 g/mol. The second-order valence-electron chi connectivity index (χ2n) is 4.65. The van der Waals surface area contributed by atoms with Crippen LogP contribution in [0.25, 0.3) is 0 Å². The van der Waals surface area contributed by atoms with Crippen molar-refractivity contribution in [2.24, 2.45) is 0 Å². The van der Waals surface area contributed by atoms with E-state index in [0.29, 0.717) is 18.0 Å². The minimum absolute atomic E-state index is 0.0395. The summed E-state index contributed by atoms with van der Waals surface area (Å²) in [5, 5.41) is 14.7. The molecule has 1 rings (SSSR count). The van der Waals surface area contributed by atoms with Crippen LogP contribution < -0.4 is 10.6 Å². The Labute approximate surface area is 129 Å². The van der Waals surface area contributed by atoms with E-state index >= 15 is 0 Å². The predicted octanol–water partition coefficient (Wildman–Crippen LogP) is 3.45. The van der Waals surface area contributed by atoms with Crippen LogP contribution in [0.15, 0.2) is 12.1 Å². The van der Waals surface area contributed by atoms with Crippen molar-refractivity contribution in [2.75, 3.05) is 11.9 Å². The molecule has 0 atom stereocenters. The number of benzene rings is 1. The first kappa shape index (κ1) is 17.3. The molecule has 0 saturated carbocycles. The maximum atomic E-state index is 11.9. The minimum Gasteiger partial charge on any atom is -0.481 e. The molecule has 116 valence electrons. The first-order valence-electron chi connectivity index (χ1n) is 7.06. The Morgan fingerprint density at radius 1 is 1.24 bits per heavy atom. The van der Waals surface area contributed by atoms with E-state index in [1.54, 1.807) is 0 Å². The summed E-state index contributed by atoms with van der Waals surface area (Å²) in [5.74, 6) is -0.867. The fourth-order valence-corrected chi connectivity index (χ4v) is 2.36. The van der Waals surface area contributed by atoms with E-state index in [1.165, 1.54) is 0 Å². The molecule has 0 aromatic heterocycles. The number of nitrogens with one attached hydrogen (secondary N) is 2. The lowest BCUT2D eigenvalue weighted by atomic mass is 10.0. The minimum atomic E-state index is -0.867. The summed E-state index contributed by atoms with van der Waals surface area (Å²) in [6, 6.07) is 3.41. The maximum Gasteiger partial charge on any atom is 0.319 e. The van der Waals surface area contributed by atoms with Gasteiger partial charge in [-0.3, -0.25) is 4.79 Å². The maximum absolute atomic E-state index is 11.9. The van der Waals surface area contributed by atoms with Crippen molar-refractivity contribution in [3.63, 3.8) is 0 Å². The van der Waals surface area contributed by atoms with Gasteiger partial charge >= 0.3 is 12.0 Å². The molecule has 2 amide bonds. The number of hydrogen-bond acceptors (Lipinski definition) is 2. The van der Waals surface area contributed by atoms with Gasteiger partial charge in [-0.1, -0.05) is 31.5 Å². The van der Waals surface area contributed by atoms with Crippen LogP contribution in [0.5, 0.6) is 0 Å². The molecule has 0 bridgehead atoms. The Kier molecular flexibility index (Phi) is 7.02. The zero-order valence-electron chi connectivity index (χ0n) is 12.3. The number of carboxylic acid groups (broad SMARTS) is 1. The van der Waals surface area contributed by atoms with E-state index in [4.69, 9.17) is 16.7 Å². The number of amides is 2. The smallest absolute Gasteiger partial charge is 0.319 e. The van der Waals surface area contributed by atoms with Crippen molar-refractivity contribution < 1.29 is 14.7 Å². The van der Waals surface area contributed by atoms with Gasteiger partial charge in [0.1, 0.15) is 0 Å². The molecule has 0 aliphatic heterocycles. The van der Waals surface area contributed by atoms with Gasteiger partial charge in [-0.15, -0.1) is 0 Å². The topological polar surface area (TPSA) is 78.4 Å². The fourth-order valence-electron chi connectivity index (χ4n) is 2.07. The van der Waals surface area contributed by atoms with Gasteiger partial charge in [0.15, 0.2) is 0 Å². The van der Waals surface area contributed by atoms with Gasteiger partial charge in [-0.2, -0.15) is 0 Å². The summed E-state index contributed by atoms with van der Waals surface area (Å²) < 4.78 is 0. The van der Waals surface area contributed by atoms with Gasteiger partial charge in [-0.05, 0) is 36.5 Å². The molecule has 0 heterocycles. The van der Waals surface area contributed by atoms with E-state index < -0.39 is 5.97 Å². The normalized spacial score (nSPS) is 10.2. The highest BCUT2D eigenvalue weighted by Gasteiger charge is 2.12. The Balaban J connectivity index is 2.70. The third-order valence-corrected chi connectivity index (χ3v) is 3.52. The van der Waals surface area contributed by atoms with Crippen molar-refractivity contribution in [1.29, 1.82) is 0 Å². The molecule has 0 fully saturated rings. The lowest BCUT2D eigenvalue weighted by molar-refractivity contribution is -0.137. The molecule has 0 aliphatic rings. The number of halogens is 1. The highest BCUT2D eigenvalue weighted by Crippen LogP contribution is 2.29. The number of carbonyl (C=O) groups is 2. The van der Waals surface area contributed by atoms with Gasteiger partial charge in [0.2, 0.25) is 0 Å². The predicted molar refractivity (Wildman–Crippen MR) is 84.1 cm³/mol. The van der Waals surface area contributed by atoms with Gasteiger partial charge in [0, 0.05) is 18.0 Å². The zero-order valence-corrected chi connectivity index (χ0v) is 13.1. The van der Waals surface area contributed by atoms with E-state index in [-0.39, 0.29) is 12.5 Å². The fraction of sp³-hybridized carbons (Fsp3) is 0.467. The Morgan fingerprint density at radius 2 is 1.95 bits per heavy atom. The molecule has 0 saturated heterocycles. The van der Waals surface area contributed by atoms with Crippen LogP contribution in [0.3, 0.4) is 0 Å². The molecule has 1 aromatic rings. The van der Waals surface area contributed by atoms with E-state index in [0.717, 1.165) is 29.7 Å². The summed E-state index contributed by atoms with van der Waals surface area (Å²) in [6.07, 6.45) is 1.96. The summed E-state index contributed by atoms with van der Waals surface area (Å²) in [6.45, 7) is 4.32. The van der Waals surface area contributed by atoms with E-state index in [1.807, 2.05) is 26.0 Å². The van der Waals surface area contributed by atoms with Crippen LogP contribution in [0.2, 0.25) is 5.02 Å². The highest BCUT2D eigenvalue weighted by atomic mass is 35.5. The average Bonchev–Trinajstić information content (AvgIpc) is 2.44. The third kappa shape index (κ3) is 5.27. The SMILES string of the molecule is CCc1ccc(Cl)c(CC)c1NC(=O)NCCCC(=O)O. The lowest BCUT2D eigenvalue weighted by Gasteiger charge is -2.16. The van der Waals surface area contributed by atoms with Crippen molar-refractivity contribution in [1.82, 2.24) is 5.32 Å². The number of carboxylic acids is 1. The van der Waals surface area contributed by atoms with Gasteiger partial charge in [0.25, 0.3) is 0 Å². The lowest BCUT2D eigenvalue weighted by Crippen LogP contribution is -2.30. The summed E-state index contributed by atoms with van der Waals surface area (Å²) >= 11 is 6.17. The van der Waals surface area contributed by atoms with E-state index in [2.05, 4.69) is 10.6 Å². The molecule has 6 heteroatoms. The van der Waals surface area contributed by atoms with E-state index in [9.17, 15) is 9.59 Å². The van der Waals surface area contributed by atoms with Gasteiger partial charge in [-0.25, -0.2) is 4.79 Å². The first-order chi connectivity index (χ1) is 9.99. The number of anilines is 1. The summed E-state index contributed by atoms with van der Waals surface area (Å²) in [7, 11) is 0. The number of rotatable bonds is 7. The van der Waals surface area contributed by atoms with Crippen molar-refractivity contribution in [3.05, 3.63) is 28.3 Å². The van der Waals surface area contributed by atoms with Crippen LogP contribution in [0, 0.1) is 0 Å². The van der Waals surface area contributed by atoms with Crippen LogP contribution in [-0.2, 0) is 17.6 Å². The second kappa shape index (κ2) is 8.52. The van der Waals surface area contributed by atoms with Crippen molar-refractivity contribution in [2.45, 2.75) is 39.5 Å². The molecule has 21 heavy (non-hydrogen) atoms. The molecule has 1 aromatic carbocycles. The van der Waals surface area contributed by atoms with Gasteiger partial charge < -0.3 is 15.7 Å². The summed E-state index contributed by atoms with van der Waals surface area (Å²) in [4.78, 5) is 22.3. The molecule has 3 N–H and O–H groups in total. The number of carbonyl (C=O) groups excluding carboxylic acids is 1. The van der Waals surface area contributed by atoms with Crippen LogP contribution >= 0.6 is 11.6 Å². The standard InChI is InChI=1S/C15H21ClN2O3/c1-3-10-7-8-12(16)11(4-2)14(10)18-15(21)17-9-5-6-13(19)20/h7-8H,3-6,9H2,1-2H3,(H,19,20)(H2,17,18,21). The molecular weight excluding hydrogens is 292 g/mol. The molecule has 0 spiro atoms. The first-order valence-corrected chi connectivity index (χ1v) is 7.44. The molecule has 0 radical (unpaired) electrons. The molecular formula is C15H21ClN2O3. The second-order valence-corrected chi connectivity index (χ2v) is 5.05. The molecule has 0 unspecified atom stereocenters. The average molecular weight is 313 g/mol. The number of aliphatic carboxylic acids is 1. The van der Waals surface area contributed by atoms with Gasteiger partial charge in [0.05, 0.1) is 5.69 Å². The van der Waals surface area contributed by atoms with Crippen LogP contribution in [0.1, 0.15) is 37.8 Å². The zero-order chi connectivity index (χ0) is 15.8. The Bertz CT molecular complexity index is 518. The van der Waals surface area contributed by atoms with Crippen LogP contribution in [-0.4, -0.2) is 23.7 Å². The number of aryl methyl sites for hydroxylation is 1. The van der Waals surface area contributed by atoms with Crippen molar-refractivity contribution in [3.8, 4) is 0 Å². The highest BCUT2D eigenvalue weighted by molar-refractivity contribution is 6.31. The van der Waals surface area contributed by atoms with Crippen LogP contribution in [0.4, 0.5) is 10.5 Å². The Hall–Kier alpha value is -1.75. The van der Waals surface area contributed by atoms with Crippen molar-refractivity contribution >= 4 is 29.3 Å². The largest absolute Gasteiger partial charge is 0.481 e. The third-order valence-electron chi connectivity index (χ3n) is 3.17. The molecule has 0 aliphatic carbocycles. The quantitative estimate of drug-likeness (QED) is 0.675. The number of hydrogen-bond donors (Lipinski definition) is 3. The summed E-state index contributed by atoms with van der Waals surface area (Å²) in [5.41, 5.74) is 2.69. The number of urea groups is 1.